The second-order valence-corrected chi connectivity index (χ2v) is 9.88. The van der Waals surface area contributed by atoms with Crippen molar-refractivity contribution >= 4 is 21.5 Å². The number of hydrogen-bond donors (Lipinski definition) is 1. The average Bonchev–Trinajstić information content (AvgIpc) is 3.17. The van der Waals surface area contributed by atoms with Crippen LogP contribution in [0.3, 0.4) is 0 Å². The summed E-state index contributed by atoms with van der Waals surface area (Å²) in [6.45, 7) is 0.967. The van der Waals surface area contributed by atoms with Crippen LogP contribution in [0.5, 0.6) is 0 Å². The van der Waals surface area contributed by atoms with Crippen LogP contribution in [0.15, 0.2) is 30.7 Å². The Bertz CT molecular complexity index is 1270. The minimum Gasteiger partial charge on any atom is -0.347 e. The van der Waals surface area contributed by atoms with E-state index in [1.807, 2.05) is 0 Å². The van der Waals surface area contributed by atoms with E-state index < -0.39 is 53.0 Å². The van der Waals surface area contributed by atoms with Crippen LogP contribution in [0, 0.1) is 5.92 Å². The fourth-order valence-corrected chi connectivity index (χ4v) is 4.40. The molecule has 0 amide bonds. The lowest BCUT2D eigenvalue weighted by atomic mass is 9.88. The molecule has 2 atom stereocenters. The number of aromatic nitrogens is 5. The number of fused-ring (bicyclic) bond motifs is 1. The first-order valence-electron chi connectivity index (χ1n) is 9.98. The highest BCUT2D eigenvalue weighted by Gasteiger charge is 2.44. The second-order valence-electron chi connectivity index (χ2n) is 8.04. The van der Waals surface area contributed by atoms with E-state index in [1.165, 1.54) is 40.1 Å². The summed E-state index contributed by atoms with van der Waals surface area (Å²) in [5.74, 6) is -3.55. The fourth-order valence-electron chi connectivity index (χ4n) is 3.88. The Hall–Kier alpha value is -2.87. The van der Waals surface area contributed by atoms with Crippen LogP contribution >= 0.6 is 0 Å². The number of alkyl halides is 4. The van der Waals surface area contributed by atoms with Crippen LogP contribution in [-0.2, 0) is 10.0 Å². The highest BCUT2D eigenvalue weighted by atomic mass is 32.2. The summed E-state index contributed by atoms with van der Waals surface area (Å²) < 4.78 is 81.6. The summed E-state index contributed by atoms with van der Waals surface area (Å²) in [5, 5.41) is 3.90. The maximum absolute atomic E-state index is 14.5. The Labute approximate surface area is 186 Å². The molecular weight excluding hydrogens is 466 g/mol. The summed E-state index contributed by atoms with van der Waals surface area (Å²) in [6, 6.07) is 3.56. The third kappa shape index (κ3) is 5.05. The molecule has 33 heavy (non-hydrogen) atoms. The number of anilines is 1. The summed E-state index contributed by atoms with van der Waals surface area (Å²) in [4.78, 5) is 13.8. The molecule has 14 heteroatoms. The Morgan fingerprint density at radius 1 is 1.24 bits per heavy atom. The van der Waals surface area contributed by atoms with Crippen molar-refractivity contribution in [3.8, 4) is 11.4 Å². The molecule has 0 unspecified atom stereocenters. The number of hydrogen-bond acceptors (Lipinski definition) is 7. The molecule has 0 bridgehead atoms. The van der Waals surface area contributed by atoms with Gasteiger partial charge in [-0.05, 0) is 25.0 Å². The highest BCUT2D eigenvalue weighted by Crippen LogP contribution is 2.37. The van der Waals surface area contributed by atoms with Crippen molar-refractivity contribution in [2.45, 2.75) is 31.7 Å². The molecule has 0 radical (unpaired) electrons. The largest absolute Gasteiger partial charge is 0.347 e. The molecule has 0 aliphatic carbocycles. The minimum atomic E-state index is -3.54. The van der Waals surface area contributed by atoms with Gasteiger partial charge in [-0.1, -0.05) is 0 Å². The lowest BCUT2D eigenvalue weighted by Gasteiger charge is -2.43. The van der Waals surface area contributed by atoms with Gasteiger partial charge in [0, 0.05) is 25.1 Å². The van der Waals surface area contributed by atoms with Crippen molar-refractivity contribution in [3.05, 3.63) is 36.4 Å². The number of rotatable bonds is 6. The predicted octanol–water partition coefficient (Wildman–Crippen LogP) is 2.52. The lowest BCUT2D eigenvalue weighted by molar-refractivity contribution is -0.0372. The van der Waals surface area contributed by atoms with Gasteiger partial charge in [-0.25, -0.2) is 50.2 Å². The summed E-state index contributed by atoms with van der Waals surface area (Å²) in [7, 11) is -3.54. The fraction of sp³-hybridized carbons (Fsp3) is 0.474. The zero-order valence-electron chi connectivity index (χ0n) is 17.7. The second kappa shape index (κ2) is 8.48. The molecule has 1 aliphatic heterocycles. The molecule has 0 spiro atoms. The molecule has 0 saturated carbocycles. The molecule has 4 rings (SSSR count). The summed E-state index contributed by atoms with van der Waals surface area (Å²) in [5.41, 5.74) is 0.432. The van der Waals surface area contributed by atoms with Crippen LogP contribution in [0.2, 0.25) is 0 Å². The smallest absolute Gasteiger partial charge is 0.282 e. The van der Waals surface area contributed by atoms with Crippen LogP contribution in [0.4, 0.5) is 23.4 Å². The average molecular weight is 487 g/mol. The summed E-state index contributed by atoms with van der Waals surface area (Å²) in [6.07, 6.45) is 0.301. The molecule has 1 aliphatic rings. The van der Waals surface area contributed by atoms with Crippen molar-refractivity contribution in [1.82, 2.24) is 29.3 Å². The maximum atomic E-state index is 14.5. The molecule has 1 N–H and O–H groups in total. The van der Waals surface area contributed by atoms with E-state index in [-0.39, 0.29) is 18.1 Å². The number of imidazole rings is 1. The third-order valence-electron chi connectivity index (χ3n) is 5.56. The molecule has 178 valence electrons. The summed E-state index contributed by atoms with van der Waals surface area (Å²) >= 11 is 0. The molecule has 9 nitrogen and oxygen atoms in total. The normalized spacial score (nSPS) is 21.1. The van der Waals surface area contributed by atoms with Crippen molar-refractivity contribution in [1.29, 1.82) is 0 Å². The standard InChI is InChI=1S/C19H21F4N7O2S/c1-11-12(7-27-33(2,31)32)6-19(22,23)9-29(11)17-5-14(25-10-26-17)15-8-24-16-4-3-13(18(20)21)28-30(15)16/h3-5,8,10-12,18,27H,6-7,9H2,1-2H3/t11-,12+/m0/s1. The van der Waals surface area contributed by atoms with Gasteiger partial charge in [-0.15, -0.1) is 0 Å². The minimum absolute atomic E-state index is 0.141. The molecule has 3 aromatic rings. The predicted molar refractivity (Wildman–Crippen MR) is 112 cm³/mol. The van der Waals surface area contributed by atoms with Crippen LogP contribution < -0.4 is 9.62 Å². The Kier molecular flexibility index (Phi) is 5.99. The van der Waals surface area contributed by atoms with Gasteiger partial charge in [0.1, 0.15) is 23.5 Å². The van der Waals surface area contributed by atoms with Crippen molar-refractivity contribution < 1.29 is 26.0 Å². The van der Waals surface area contributed by atoms with Gasteiger partial charge in [0.2, 0.25) is 10.0 Å². The first-order valence-corrected chi connectivity index (χ1v) is 11.9. The third-order valence-corrected chi connectivity index (χ3v) is 6.25. The lowest BCUT2D eigenvalue weighted by Crippen LogP contribution is -2.55. The molecule has 1 fully saturated rings. The van der Waals surface area contributed by atoms with Gasteiger partial charge in [-0.2, -0.15) is 5.10 Å². The van der Waals surface area contributed by atoms with E-state index >= 15 is 0 Å². The van der Waals surface area contributed by atoms with Gasteiger partial charge in [0.15, 0.2) is 5.65 Å². The van der Waals surface area contributed by atoms with E-state index in [1.54, 1.807) is 6.92 Å². The number of halogens is 4. The highest BCUT2D eigenvalue weighted by molar-refractivity contribution is 7.88. The van der Waals surface area contributed by atoms with Gasteiger partial charge in [0.25, 0.3) is 12.3 Å². The quantitative estimate of drug-likeness (QED) is 0.533. The van der Waals surface area contributed by atoms with Gasteiger partial charge in [0.05, 0.1) is 24.7 Å². The van der Waals surface area contributed by atoms with Crippen LogP contribution in [0.25, 0.3) is 17.0 Å². The van der Waals surface area contributed by atoms with Crippen molar-refractivity contribution in [2.75, 3.05) is 24.2 Å². The van der Waals surface area contributed by atoms with Crippen molar-refractivity contribution in [2.24, 2.45) is 5.92 Å². The Morgan fingerprint density at radius 2 is 2.00 bits per heavy atom. The van der Waals surface area contributed by atoms with E-state index in [0.29, 0.717) is 11.3 Å². The molecule has 0 aromatic carbocycles. The topological polar surface area (TPSA) is 105 Å². The number of nitrogens with zero attached hydrogens (tertiary/aromatic N) is 6. The maximum Gasteiger partial charge on any atom is 0.282 e. The Morgan fingerprint density at radius 3 is 2.70 bits per heavy atom. The monoisotopic (exact) mass is 487 g/mol. The number of nitrogens with one attached hydrogen (secondary N) is 1. The SMILES string of the molecule is C[C@H]1[C@@H](CNS(C)(=O)=O)CC(F)(F)CN1c1cc(-c2cnc3ccc(C(F)F)nn23)ncn1. The van der Waals surface area contributed by atoms with E-state index in [4.69, 9.17) is 0 Å². The first kappa shape index (κ1) is 23.3. The molecule has 3 aromatic heterocycles. The van der Waals surface area contributed by atoms with Gasteiger partial charge < -0.3 is 4.90 Å². The number of sulfonamides is 1. The molecule has 1 saturated heterocycles. The van der Waals surface area contributed by atoms with Gasteiger partial charge in [-0.3, -0.25) is 0 Å². The van der Waals surface area contributed by atoms with E-state index in [9.17, 15) is 26.0 Å². The first-order chi connectivity index (χ1) is 15.4. The molecule has 4 heterocycles. The van der Waals surface area contributed by atoms with Gasteiger partial charge >= 0.3 is 0 Å². The Balaban J connectivity index is 1.68. The van der Waals surface area contributed by atoms with Crippen molar-refractivity contribution in [3.63, 3.8) is 0 Å². The van der Waals surface area contributed by atoms with Crippen LogP contribution in [0.1, 0.15) is 25.5 Å². The van der Waals surface area contributed by atoms with E-state index in [2.05, 4.69) is 24.8 Å². The zero-order valence-corrected chi connectivity index (χ0v) is 18.5. The molecular formula is C19H21F4N7O2S. The zero-order chi connectivity index (χ0) is 24.0. The van der Waals surface area contributed by atoms with Crippen LogP contribution in [-0.4, -0.2) is 64.3 Å². The van der Waals surface area contributed by atoms with E-state index in [0.717, 1.165) is 6.26 Å². The number of piperidine rings is 1.